The van der Waals surface area contributed by atoms with Crippen LogP contribution >= 0.6 is 11.6 Å². The molecule has 0 heterocycles. The number of carbonyl (C=O) groups is 1. The second-order valence-electron chi connectivity index (χ2n) is 5.75. The fourth-order valence-electron chi connectivity index (χ4n) is 2.35. The molecule has 3 rings (SSSR count). The molecule has 10 heteroatoms. The summed E-state index contributed by atoms with van der Waals surface area (Å²) in [5.41, 5.74) is 0.183. The Hall–Kier alpha value is -3.43. The molecular formula is C19H13ClN2O6S. The Labute approximate surface area is 170 Å². The molecule has 8 nitrogen and oxygen atoms in total. The fourth-order valence-corrected chi connectivity index (χ4v) is 3.74. The van der Waals surface area contributed by atoms with Gasteiger partial charge in [0, 0.05) is 22.8 Å². The number of nitro benzene ring substituents is 1. The molecule has 1 N–H and O–H groups in total. The normalized spacial score (nSPS) is 10.9. The van der Waals surface area contributed by atoms with Crippen LogP contribution in [-0.4, -0.2) is 19.4 Å². The van der Waals surface area contributed by atoms with Crippen LogP contribution < -0.4 is 10.1 Å². The van der Waals surface area contributed by atoms with Gasteiger partial charge in [-0.2, -0.15) is 0 Å². The summed E-state index contributed by atoms with van der Waals surface area (Å²) in [6.07, 6.45) is -0.827. The van der Waals surface area contributed by atoms with Crippen molar-refractivity contribution >= 4 is 38.9 Å². The van der Waals surface area contributed by atoms with Crippen molar-refractivity contribution in [3.05, 3.63) is 87.9 Å². The Morgan fingerprint density at radius 3 is 1.93 bits per heavy atom. The van der Waals surface area contributed by atoms with Crippen molar-refractivity contribution in [2.24, 2.45) is 0 Å². The van der Waals surface area contributed by atoms with Crippen molar-refractivity contribution in [1.82, 2.24) is 0 Å². The number of non-ortho nitro benzene ring substituents is 1. The molecule has 0 aliphatic heterocycles. The molecule has 0 atom stereocenters. The third-order valence-corrected chi connectivity index (χ3v) is 5.83. The van der Waals surface area contributed by atoms with Crippen LogP contribution in [0.15, 0.2) is 82.6 Å². The summed E-state index contributed by atoms with van der Waals surface area (Å²) < 4.78 is 30.2. The molecule has 0 unspecified atom stereocenters. The highest BCUT2D eigenvalue weighted by molar-refractivity contribution is 7.91. The highest BCUT2D eigenvalue weighted by Gasteiger charge is 2.17. The van der Waals surface area contributed by atoms with Gasteiger partial charge < -0.3 is 4.74 Å². The minimum atomic E-state index is -3.72. The molecule has 0 fully saturated rings. The number of hydrogen-bond acceptors (Lipinski definition) is 6. The van der Waals surface area contributed by atoms with Crippen molar-refractivity contribution in [2.45, 2.75) is 9.79 Å². The second-order valence-corrected chi connectivity index (χ2v) is 8.13. The third kappa shape index (κ3) is 4.89. The summed E-state index contributed by atoms with van der Waals surface area (Å²) >= 11 is 5.78. The van der Waals surface area contributed by atoms with E-state index in [9.17, 15) is 23.3 Å². The number of ether oxygens (including phenoxy) is 1. The number of halogens is 1. The predicted octanol–water partition coefficient (Wildman–Crippen LogP) is 4.69. The first-order chi connectivity index (χ1) is 13.8. The zero-order valence-electron chi connectivity index (χ0n) is 14.6. The lowest BCUT2D eigenvalue weighted by molar-refractivity contribution is -0.384. The number of nitrogens with one attached hydrogen (secondary N) is 1. The smallest absolute Gasteiger partial charge is 0.410 e. The molecule has 0 bridgehead atoms. The van der Waals surface area contributed by atoms with Crippen LogP contribution in [0.5, 0.6) is 5.75 Å². The minimum absolute atomic E-state index is 0.0501. The molecule has 0 aliphatic rings. The monoisotopic (exact) mass is 432 g/mol. The maximum absolute atomic E-state index is 12.6. The quantitative estimate of drug-likeness (QED) is 0.461. The number of amides is 1. The summed E-state index contributed by atoms with van der Waals surface area (Å²) in [7, 11) is -3.72. The molecule has 0 saturated carbocycles. The average Bonchev–Trinajstić information content (AvgIpc) is 2.69. The summed E-state index contributed by atoms with van der Waals surface area (Å²) in [4.78, 5) is 22.1. The molecular weight excluding hydrogens is 420 g/mol. The highest BCUT2D eigenvalue weighted by Crippen LogP contribution is 2.24. The number of hydrogen-bond donors (Lipinski definition) is 1. The van der Waals surface area contributed by atoms with Crippen molar-refractivity contribution in [1.29, 1.82) is 0 Å². The van der Waals surface area contributed by atoms with Crippen LogP contribution in [0.3, 0.4) is 0 Å². The van der Waals surface area contributed by atoms with E-state index in [0.29, 0.717) is 10.7 Å². The Balaban J connectivity index is 1.67. The van der Waals surface area contributed by atoms with Crippen LogP contribution in [0.25, 0.3) is 0 Å². The largest absolute Gasteiger partial charge is 0.417 e. The summed E-state index contributed by atoms with van der Waals surface area (Å²) in [5, 5.41) is 13.5. The fraction of sp³-hybridized carbons (Fsp3) is 0. The summed E-state index contributed by atoms with van der Waals surface area (Å²) in [5.74, 6) is 0.120. The zero-order chi connectivity index (χ0) is 21.0. The Bertz CT molecular complexity index is 1140. The lowest BCUT2D eigenvalue weighted by Gasteiger charge is -2.08. The molecule has 0 aliphatic carbocycles. The molecule has 148 valence electrons. The Morgan fingerprint density at radius 2 is 1.41 bits per heavy atom. The SMILES string of the molecule is O=C(Nc1ccc(S(=O)(=O)c2ccc(Cl)cc2)cc1)Oc1ccc([N+](=O)[O-])cc1. The van der Waals surface area contributed by atoms with Gasteiger partial charge in [0.15, 0.2) is 0 Å². The van der Waals surface area contributed by atoms with Gasteiger partial charge in [-0.15, -0.1) is 0 Å². The molecule has 1 amide bonds. The molecule has 0 spiro atoms. The summed E-state index contributed by atoms with van der Waals surface area (Å²) in [6, 6.07) is 16.3. The zero-order valence-corrected chi connectivity index (χ0v) is 16.2. The number of carbonyl (C=O) groups excluding carboxylic acids is 1. The van der Waals surface area contributed by atoms with Gasteiger partial charge in [-0.3, -0.25) is 15.4 Å². The molecule has 0 aromatic heterocycles. The van der Waals surface area contributed by atoms with Crippen LogP contribution in [0.1, 0.15) is 0 Å². The van der Waals surface area contributed by atoms with E-state index in [4.69, 9.17) is 16.3 Å². The van der Waals surface area contributed by atoms with Crippen molar-refractivity contribution in [2.75, 3.05) is 5.32 Å². The Kier molecular flexibility index (Phi) is 5.81. The first-order valence-corrected chi connectivity index (χ1v) is 9.96. The van der Waals surface area contributed by atoms with Gasteiger partial charge in [-0.25, -0.2) is 13.2 Å². The van der Waals surface area contributed by atoms with Gasteiger partial charge in [0.2, 0.25) is 9.84 Å². The van der Waals surface area contributed by atoms with Crippen molar-refractivity contribution < 1.29 is 22.9 Å². The average molecular weight is 433 g/mol. The molecule has 0 radical (unpaired) electrons. The lowest BCUT2D eigenvalue weighted by Crippen LogP contribution is -2.16. The van der Waals surface area contributed by atoms with Crippen LogP contribution in [0, 0.1) is 10.1 Å². The van der Waals surface area contributed by atoms with Gasteiger partial charge >= 0.3 is 6.09 Å². The van der Waals surface area contributed by atoms with Gasteiger partial charge in [0.1, 0.15) is 5.75 Å². The van der Waals surface area contributed by atoms with E-state index >= 15 is 0 Å². The minimum Gasteiger partial charge on any atom is -0.410 e. The van der Waals surface area contributed by atoms with E-state index in [1.807, 2.05) is 0 Å². The predicted molar refractivity (Wildman–Crippen MR) is 106 cm³/mol. The molecule has 3 aromatic rings. The topological polar surface area (TPSA) is 116 Å². The van der Waals surface area contributed by atoms with Gasteiger partial charge in [0.25, 0.3) is 5.69 Å². The van der Waals surface area contributed by atoms with Crippen LogP contribution in [0.4, 0.5) is 16.2 Å². The number of anilines is 1. The van der Waals surface area contributed by atoms with E-state index in [0.717, 1.165) is 0 Å². The standard InChI is InChI=1S/C19H13ClN2O6S/c20-13-1-9-17(10-2-13)29(26,27)18-11-3-14(4-12-18)21-19(23)28-16-7-5-15(6-8-16)22(24)25/h1-12H,(H,21,23). The van der Waals surface area contributed by atoms with Gasteiger partial charge in [0.05, 0.1) is 14.7 Å². The Morgan fingerprint density at radius 1 is 0.897 bits per heavy atom. The number of benzene rings is 3. The van der Waals surface area contributed by atoms with E-state index in [-0.39, 0.29) is 21.2 Å². The first-order valence-electron chi connectivity index (χ1n) is 8.10. The van der Waals surface area contributed by atoms with Crippen molar-refractivity contribution in [3.63, 3.8) is 0 Å². The van der Waals surface area contributed by atoms with E-state index in [2.05, 4.69) is 5.32 Å². The molecule has 3 aromatic carbocycles. The van der Waals surface area contributed by atoms with E-state index in [1.165, 1.54) is 72.8 Å². The number of nitrogens with zero attached hydrogens (tertiary/aromatic N) is 1. The second kappa shape index (κ2) is 8.29. The van der Waals surface area contributed by atoms with Crippen LogP contribution in [0.2, 0.25) is 5.02 Å². The third-order valence-electron chi connectivity index (χ3n) is 3.79. The molecule has 0 saturated heterocycles. The van der Waals surface area contributed by atoms with E-state index in [1.54, 1.807) is 0 Å². The highest BCUT2D eigenvalue weighted by atomic mass is 35.5. The number of nitro groups is 1. The maximum atomic E-state index is 12.6. The van der Waals surface area contributed by atoms with Gasteiger partial charge in [-0.05, 0) is 60.7 Å². The first kappa shape index (κ1) is 20.3. The maximum Gasteiger partial charge on any atom is 0.417 e. The number of rotatable bonds is 5. The van der Waals surface area contributed by atoms with Gasteiger partial charge in [-0.1, -0.05) is 11.6 Å². The van der Waals surface area contributed by atoms with Crippen LogP contribution in [-0.2, 0) is 9.84 Å². The van der Waals surface area contributed by atoms with Crippen molar-refractivity contribution in [3.8, 4) is 5.75 Å². The number of sulfone groups is 1. The van der Waals surface area contributed by atoms with E-state index < -0.39 is 20.9 Å². The summed E-state index contributed by atoms with van der Waals surface area (Å²) in [6.45, 7) is 0. The lowest BCUT2D eigenvalue weighted by atomic mass is 10.3. The molecule has 29 heavy (non-hydrogen) atoms.